The minimum absolute atomic E-state index is 0.627. The Kier molecular flexibility index (Phi) is 29.4. The Morgan fingerprint density at radius 2 is 0.771 bits per heavy atom. The third-order valence-electron chi connectivity index (χ3n) is 3.87. The van der Waals surface area contributed by atoms with Gasteiger partial charge in [-0.15, -0.1) is 0 Å². The van der Waals surface area contributed by atoms with Gasteiger partial charge in [0.15, 0.2) is 0 Å². The van der Waals surface area contributed by atoms with E-state index >= 15 is 0 Å². The summed E-state index contributed by atoms with van der Waals surface area (Å²) in [4.78, 5) is 0. The van der Waals surface area contributed by atoms with Crippen LogP contribution in [0.3, 0.4) is 0 Å². The van der Waals surface area contributed by atoms with E-state index in [1.807, 2.05) is 63.1 Å². The molecule has 0 atom stereocenters. The fourth-order valence-electron chi connectivity index (χ4n) is 2.86. The molecule has 0 unspecified atom stereocenters. The van der Waals surface area contributed by atoms with Crippen LogP contribution in [0, 0.1) is 0 Å². The van der Waals surface area contributed by atoms with E-state index in [0.29, 0.717) is 39.6 Å². The quantitative estimate of drug-likeness (QED) is 0.0341. The molecule has 0 spiro atoms. The molecule has 0 N–H and O–H groups in total. The molecule has 0 fully saturated rings. The second-order valence-electron chi connectivity index (χ2n) is 6.29. The van der Waals surface area contributed by atoms with Gasteiger partial charge in [-0.1, -0.05) is 21.6 Å². The van der Waals surface area contributed by atoms with E-state index in [1.54, 1.807) is 39.3 Å². The van der Waals surface area contributed by atoms with Gasteiger partial charge in [-0.05, 0) is 74.0 Å². The van der Waals surface area contributed by atoms with Crippen LogP contribution in [-0.4, -0.2) is 68.8 Å². The van der Waals surface area contributed by atoms with Gasteiger partial charge in [0.25, 0.3) is 0 Å². The molecule has 0 aliphatic rings. The zero-order valence-corrected chi connectivity index (χ0v) is 30.1. The van der Waals surface area contributed by atoms with Crippen LogP contribution in [0.4, 0.5) is 0 Å². The second-order valence-corrected chi connectivity index (χ2v) is 23.2. The van der Waals surface area contributed by atoms with Crippen LogP contribution >= 0.6 is 83.0 Å². The van der Waals surface area contributed by atoms with Gasteiger partial charge < -0.3 is 26.6 Å². The molecule has 0 heterocycles. The third-order valence-corrected chi connectivity index (χ3v) is 21.9. The zero-order valence-electron chi connectivity index (χ0n) is 21.6. The molecular weight excluding hydrogens is 641 g/mol. The SMILES string of the molecule is CCO[Si](CCCSSSSOSSSSCCC[Si](OCC)(OCC)OCC)(OCC)OCC. The summed E-state index contributed by atoms with van der Waals surface area (Å²) < 4.78 is 40.9. The van der Waals surface area contributed by atoms with Crippen molar-refractivity contribution in [2.45, 2.75) is 66.5 Å². The monoisotopic (exact) mass is 682 g/mol. The summed E-state index contributed by atoms with van der Waals surface area (Å²) >= 11 is 2.80. The van der Waals surface area contributed by atoms with E-state index in [2.05, 4.69) is 0 Å². The second kappa shape index (κ2) is 27.1. The van der Waals surface area contributed by atoms with Crippen molar-refractivity contribution in [3.05, 3.63) is 0 Å². The number of rotatable bonds is 28. The Bertz CT molecular complexity index is 395. The number of hydrogen-bond acceptors (Lipinski definition) is 15. The Balaban J connectivity index is 3.70. The molecule has 0 aliphatic carbocycles. The molecule has 7 nitrogen and oxygen atoms in total. The predicted molar refractivity (Wildman–Crippen MR) is 172 cm³/mol. The minimum Gasteiger partial charge on any atom is -0.374 e. The highest BCUT2D eigenvalue weighted by Gasteiger charge is 2.40. The number of hydrogen-bond donors (Lipinski definition) is 0. The van der Waals surface area contributed by atoms with Crippen molar-refractivity contribution in [3.63, 3.8) is 0 Å². The van der Waals surface area contributed by atoms with Gasteiger partial charge in [0, 0.05) is 82.9 Å². The summed E-state index contributed by atoms with van der Waals surface area (Å²) in [5.41, 5.74) is 0. The van der Waals surface area contributed by atoms with Crippen LogP contribution in [0.15, 0.2) is 0 Å². The van der Waals surface area contributed by atoms with Gasteiger partial charge in [-0.3, -0.25) is 0 Å². The molecule has 0 saturated carbocycles. The van der Waals surface area contributed by atoms with E-state index in [4.69, 9.17) is 30.2 Å². The maximum absolute atomic E-state index is 5.89. The van der Waals surface area contributed by atoms with Crippen molar-refractivity contribution >= 4 is 101 Å². The molecule has 0 aromatic heterocycles. The molecule has 35 heavy (non-hydrogen) atoms. The van der Waals surface area contributed by atoms with Crippen LogP contribution < -0.4 is 0 Å². The van der Waals surface area contributed by atoms with Crippen LogP contribution in [0.5, 0.6) is 0 Å². The van der Waals surface area contributed by atoms with Gasteiger partial charge in [-0.2, -0.15) is 0 Å². The first-order valence-corrected chi connectivity index (χ1v) is 25.5. The molecule has 212 valence electrons. The summed E-state index contributed by atoms with van der Waals surface area (Å²) in [6, 6.07) is 1.72. The van der Waals surface area contributed by atoms with Crippen molar-refractivity contribution in [2.75, 3.05) is 51.1 Å². The highest BCUT2D eigenvalue weighted by atomic mass is 33.7. The van der Waals surface area contributed by atoms with Crippen LogP contribution in [0.2, 0.25) is 12.1 Å². The van der Waals surface area contributed by atoms with Crippen LogP contribution in [0.25, 0.3) is 0 Å². The summed E-state index contributed by atoms with van der Waals surface area (Å²) in [5.74, 6) is 2.04. The smallest absolute Gasteiger partial charge is 0.374 e. The average molecular weight is 683 g/mol. The lowest BCUT2D eigenvalue weighted by molar-refractivity contribution is 0.0704. The van der Waals surface area contributed by atoms with Crippen molar-refractivity contribution in [2.24, 2.45) is 0 Å². The minimum atomic E-state index is -2.51. The molecule has 0 aliphatic heterocycles. The molecule has 0 aromatic carbocycles. The highest BCUT2D eigenvalue weighted by Crippen LogP contribution is 2.50. The largest absolute Gasteiger partial charge is 0.500 e. The lowest BCUT2D eigenvalue weighted by atomic mass is 10.6. The van der Waals surface area contributed by atoms with Gasteiger partial charge >= 0.3 is 17.6 Å². The maximum Gasteiger partial charge on any atom is 0.500 e. The van der Waals surface area contributed by atoms with E-state index in [-0.39, 0.29) is 0 Å². The Labute approximate surface area is 246 Å². The van der Waals surface area contributed by atoms with Gasteiger partial charge in [0.2, 0.25) is 0 Å². The molecular formula is C18H42O7S8Si2. The van der Waals surface area contributed by atoms with Gasteiger partial charge in [0.05, 0.1) is 22.1 Å². The van der Waals surface area contributed by atoms with Crippen LogP contribution in [-0.2, 0) is 30.2 Å². The van der Waals surface area contributed by atoms with E-state index < -0.39 is 17.6 Å². The van der Waals surface area contributed by atoms with Gasteiger partial charge in [-0.25, -0.2) is 3.63 Å². The van der Waals surface area contributed by atoms with Crippen molar-refractivity contribution in [1.82, 2.24) is 0 Å². The van der Waals surface area contributed by atoms with E-state index in [9.17, 15) is 0 Å². The van der Waals surface area contributed by atoms with Crippen molar-refractivity contribution in [1.29, 1.82) is 0 Å². The maximum atomic E-state index is 5.89. The molecule has 0 rings (SSSR count). The molecule has 0 saturated heterocycles. The van der Waals surface area contributed by atoms with E-state index in [0.717, 1.165) is 36.4 Å². The summed E-state index contributed by atoms with van der Waals surface area (Å²) in [7, 11) is 5.36. The summed E-state index contributed by atoms with van der Waals surface area (Å²) in [6.07, 6.45) is 2.02. The first-order chi connectivity index (χ1) is 17.1. The summed E-state index contributed by atoms with van der Waals surface area (Å²) in [6.45, 7) is 15.7. The Hall–Kier alpha value is 2.95. The third kappa shape index (κ3) is 20.5. The zero-order chi connectivity index (χ0) is 26.1. The molecule has 0 aromatic rings. The highest BCUT2D eigenvalue weighted by molar-refractivity contribution is 9.27. The summed E-state index contributed by atoms with van der Waals surface area (Å²) in [5, 5.41) is 0. The standard InChI is InChI=1S/C18H42O7S8Si2/c1-7-19-34(20-8-2,21-9-3)17-13-15-26-30-32-28-25-29-33-31-27-16-14-18-35(22-10-4,23-11-5)24-12-6/h7-18H2,1-6H3. The average Bonchev–Trinajstić information content (AvgIpc) is 2.82. The molecule has 0 bridgehead atoms. The van der Waals surface area contributed by atoms with Crippen molar-refractivity contribution < 1.29 is 30.2 Å². The lowest BCUT2D eigenvalue weighted by Crippen LogP contribution is -2.46. The fourth-order valence-corrected chi connectivity index (χ4v) is 19.3. The Morgan fingerprint density at radius 3 is 1.06 bits per heavy atom. The first kappa shape index (κ1) is 38.0. The van der Waals surface area contributed by atoms with Crippen molar-refractivity contribution in [3.8, 4) is 0 Å². The molecule has 17 heteroatoms. The van der Waals surface area contributed by atoms with Crippen LogP contribution in [0.1, 0.15) is 54.4 Å². The predicted octanol–water partition coefficient (Wildman–Crippen LogP) is 9.07. The Morgan fingerprint density at radius 1 is 0.457 bits per heavy atom. The first-order valence-electron chi connectivity index (χ1n) is 11.8. The molecule has 0 radical (unpaired) electrons. The topological polar surface area (TPSA) is 64.6 Å². The molecule has 0 amide bonds. The van der Waals surface area contributed by atoms with Gasteiger partial charge in [0.1, 0.15) is 0 Å². The fraction of sp³-hybridized carbons (Fsp3) is 1.00. The normalized spacial score (nSPS) is 12.5. The van der Waals surface area contributed by atoms with E-state index in [1.165, 1.54) is 22.1 Å². The lowest BCUT2D eigenvalue weighted by Gasteiger charge is -2.28.